The molecule has 102 heavy (non-hydrogen) atoms. The summed E-state index contributed by atoms with van der Waals surface area (Å²) in [6.07, 6.45) is 5.11. The Kier molecular flexibility index (Phi) is 27.3. The largest absolute Gasteiger partial charge is 0.508 e. The van der Waals surface area contributed by atoms with Crippen molar-refractivity contribution in [3.8, 4) is 28.7 Å². The number of aromatic hydroxyl groups is 2. The first-order valence-electron chi connectivity index (χ1n) is 33.2. The molecule has 0 aliphatic heterocycles. The summed E-state index contributed by atoms with van der Waals surface area (Å²) < 4.78 is 46.0. The molecule has 13 rings (SSSR count). The summed E-state index contributed by atoms with van der Waals surface area (Å²) in [6, 6.07) is 50.2. The number of aromatic nitrogens is 5. The second kappa shape index (κ2) is 37.4. The highest BCUT2D eigenvalue weighted by Gasteiger charge is 2.20. The molecule has 0 saturated heterocycles. The Morgan fingerprint density at radius 3 is 1.22 bits per heavy atom. The van der Waals surface area contributed by atoms with Crippen LogP contribution in [0.5, 0.6) is 28.7 Å². The number of H-pyrrole nitrogens is 3. The fourth-order valence-electron chi connectivity index (χ4n) is 10.7. The lowest BCUT2D eigenvalue weighted by atomic mass is 10.2. The van der Waals surface area contributed by atoms with Crippen LogP contribution in [0.3, 0.4) is 0 Å². The van der Waals surface area contributed by atoms with E-state index in [0.29, 0.717) is 87.9 Å². The topological polar surface area (TPSA) is 257 Å². The van der Waals surface area contributed by atoms with Crippen LogP contribution in [-0.2, 0) is 56.2 Å². The van der Waals surface area contributed by atoms with Crippen LogP contribution in [0.1, 0.15) is 104 Å². The number of thiophene rings is 2. The van der Waals surface area contributed by atoms with Crippen molar-refractivity contribution in [2.24, 2.45) is 0 Å². The van der Waals surface area contributed by atoms with Gasteiger partial charge in [0.25, 0.3) is 0 Å². The summed E-state index contributed by atoms with van der Waals surface area (Å²) in [5.74, 6) is 0.956. The fraction of sp³-hybridized carbons (Fsp3) is 0.212. The van der Waals surface area contributed by atoms with E-state index in [-0.39, 0.29) is 41.3 Å². The number of ether oxygens (including phenoxy) is 8. The van der Waals surface area contributed by atoms with Crippen LogP contribution in [0, 0.1) is 0 Å². The van der Waals surface area contributed by atoms with Gasteiger partial charge in [0.05, 0.1) is 33.0 Å². The summed E-state index contributed by atoms with van der Waals surface area (Å²) in [4.78, 5) is 68.2. The van der Waals surface area contributed by atoms with Crippen molar-refractivity contribution >= 4 is 107 Å². The SMILES string of the molecule is C=CCOc1ccc2[nH]c(C(=O)OCC)cc2c1.C=CCOc1ccc2c(c1)cc(C(=O)OCC)n2CCc1ccsc1.CCOC(=O)c1cc2cc(O)ccc2[nH]1.CCOC(=O)c1cc2cc(O)ccc2n1CCc1ccsc1.CCOC(=O)c1cc2cc(OCc3ccccc3)ccc2[nH]1. The van der Waals surface area contributed by atoms with Gasteiger partial charge in [-0.3, -0.25) is 0 Å². The fourth-order valence-corrected chi connectivity index (χ4v) is 12.1. The Labute approximate surface area is 597 Å². The van der Waals surface area contributed by atoms with Gasteiger partial charge in [0.1, 0.15) is 77.0 Å². The molecule has 0 aliphatic rings. The van der Waals surface area contributed by atoms with Gasteiger partial charge < -0.3 is 72.2 Å². The Bertz CT molecular complexity index is 4930. The summed E-state index contributed by atoms with van der Waals surface area (Å²) in [5.41, 5.74) is 10.5. The molecule has 0 spiro atoms. The van der Waals surface area contributed by atoms with Crippen molar-refractivity contribution in [3.63, 3.8) is 0 Å². The second-order valence-electron chi connectivity index (χ2n) is 22.5. The van der Waals surface area contributed by atoms with Crippen LogP contribution >= 0.6 is 22.7 Å². The van der Waals surface area contributed by atoms with Crippen molar-refractivity contribution in [2.45, 2.75) is 67.2 Å². The molecule has 7 aromatic heterocycles. The first-order chi connectivity index (χ1) is 49.6. The van der Waals surface area contributed by atoms with Gasteiger partial charge in [0.2, 0.25) is 0 Å². The van der Waals surface area contributed by atoms with Crippen molar-refractivity contribution in [3.05, 3.63) is 256 Å². The van der Waals surface area contributed by atoms with Crippen LogP contribution in [0.25, 0.3) is 54.5 Å². The third kappa shape index (κ3) is 20.4. The molecule has 6 aromatic carbocycles. The number of rotatable bonds is 25. The minimum Gasteiger partial charge on any atom is -0.508 e. The zero-order chi connectivity index (χ0) is 72.3. The van der Waals surface area contributed by atoms with Crippen LogP contribution in [0.4, 0.5) is 0 Å². The molecule has 0 saturated carbocycles. The molecule has 0 fully saturated rings. The number of phenols is 2. The Morgan fingerprint density at radius 2 is 0.784 bits per heavy atom. The summed E-state index contributed by atoms with van der Waals surface area (Å²) >= 11 is 3.35. The van der Waals surface area contributed by atoms with Crippen molar-refractivity contribution in [1.29, 1.82) is 0 Å². The molecule has 5 N–H and O–H groups in total. The van der Waals surface area contributed by atoms with Gasteiger partial charge in [-0.2, -0.15) is 22.7 Å². The normalized spacial score (nSPS) is 10.6. The van der Waals surface area contributed by atoms with E-state index >= 15 is 0 Å². The zero-order valence-electron chi connectivity index (χ0n) is 57.4. The summed E-state index contributed by atoms with van der Waals surface area (Å²) in [6.45, 7) is 20.8. The number of aromatic amines is 3. The molecular formula is C80H81N5O15S2. The summed E-state index contributed by atoms with van der Waals surface area (Å²) in [5, 5.41) is 31.7. The maximum Gasteiger partial charge on any atom is 0.354 e. The van der Waals surface area contributed by atoms with E-state index in [4.69, 9.17) is 37.9 Å². The molecule has 13 aromatic rings. The molecule has 0 aliphatic carbocycles. The summed E-state index contributed by atoms with van der Waals surface area (Å²) in [7, 11) is 0. The molecule has 0 amide bonds. The number of benzene rings is 6. The highest BCUT2D eigenvalue weighted by molar-refractivity contribution is 7.08. The maximum absolute atomic E-state index is 12.4. The van der Waals surface area contributed by atoms with Gasteiger partial charge in [0.15, 0.2) is 0 Å². The van der Waals surface area contributed by atoms with Crippen molar-refractivity contribution in [2.75, 3.05) is 46.2 Å². The zero-order valence-corrected chi connectivity index (χ0v) is 59.0. The molecule has 7 heterocycles. The molecular weight excluding hydrogens is 1340 g/mol. The van der Waals surface area contributed by atoms with Gasteiger partial charge >= 0.3 is 29.8 Å². The number of carbonyl (C=O) groups is 5. The average Bonchev–Trinajstić information content (AvgIpc) is 1.64. The number of nitrogens with zero attached hydrogens (tertiary/aromatic N) is 2. The number of nitrogens with one attached hydrogen (secondary N) is 3. The van der Waals surface area contributed by atoms with Crippen LogP contribution < -0.4 is 14.2 Å². The standard InChI is InChI=1S/C20H21NO3S.C18H17NO3.C17H17NO3S.C14H15NO3.C11H11NO3/c1-3-10-24-17-5-6-18-16(12-17)13-19(20(22)23-4-2)21(18)9-7-15-8-11-25-14-15;1-2-21-18(20)17-11-14-10-15(8-9-16(14)19-17)22-12-13-6-4-3-5-7-13;1-2-21-17(20)16-10-13-9-14(19)3-4-15(13)18(16)7-5-12-6-8-22-11-12;1-3-7-18-11-5-6-12-10(8-11)9-13(15-12)14(16)17-4-2;1-2-15-11(14)10-6-7-5-8(13)3-4-9(7)12-10/h3,5-6,8,11-14H,1,4,7,9-10H2,2H3;3-11,19H,2,12H2,1H3;3-4,6,8-11,19H,2,5,7H2,1H3;3,5-6,8-9,15H,1,4,7H2,2H3;3-6,12-13H,2H2,1H3. The van der Waals surface area contributed by atoms with E-state index in [9.17, 15) is 34.2 Å². The van der Waals surface area contributed by atoms with E-state index < -0.39 is 0 Å². The van der Waals surface area contributed by atoms with Gasteiger partial charge in [-0.05, 0) is 219 Å². The van der Waals surface area contributed by atoms with E-state index in [0.717, 1.165) is 96.7 Å². The molecule has 528 valence electrons. The highest BCUT2D eigenvalue weighted by Crippen LogP contribution is 2.30. The van der Waals surface area contributed by atoms with E-state index in [1.807, 2.05) is 118 Å². The monoisotopic (exact) mass is 1420 g/mol. The van der Waals surface area contributed by atoms with E-state index in [1.165, 1.54) is 11.1 Å². The molecule has 0 unspecified atom stereocenters. The second-order valence-corrected chi connectivity index (χ2v) is 24.0. The minimum absolute atomic E-state index is 0.178. The van der Waals surface area contributed by atoms with Crippen molar-refractivity contribution < 1.29 is 72.1 Å². The third-order valence-electron chi connectivity index (χ3n) is 15.4. The number of hydrogen-bond acceptors (Lipinski definition) is 17. The van der Waals surface area contributed by atoms with Crippen LogP contribution in [0.15, 0.2) is 211 Å². The minimum atomic E-state index is -0.381. The van der Waals surface area contributed by atoms with Crippen LogP contribution in [-0.4, -0.2) is 110 Å². The third-order valence-corrected chi connectivity index (χ3v) is 16.9. The molecule has 22 heteroatoms. The van der Waals surface area contributed by atoms with Gasteiger partial charge in [-0.15, -0.1) is 0 Å². The Hall–Kier alpha value is -11.8. The molecule has 0 atom stereocenters. The number of hydrogen-bond donors (Lipinski definition) is 5. The number of fused-ring (bicyclic) bond motifs is 5. The predicted molar refractivity (Wildman–Crippen MR) is 400 cm³/mol. The highest BCUT2D eigenvalue weighted by atomic mass is 32.1. The van der Waals surface area contributed by atoms with E-state index in [1.54, 1.807) is 117 Å². The lowest BCUT2D eigenvalue weighted by molar-refractivity contribution is 0.0505. The number of esters is 5. The molecule has 0 bridgehead atoms. The van der Waals surface area contributed by atoms with Gasteiger partial charge in [-0.25, -0.2) is 24.0 Å². The Balaban J connectivity index is 0.000000150. The van der Waals surface area contributed by atoms with Crippen LogP contribution in [0.2, 0.25) is 0 Å². The number of phenolic OH excluding ortho intramolecular Hbond substituents is 2. The predicted octanol–water partition coefficient (Wildman–Crippen LogP) is 17.4. The smallest absolute Gasteiger partial charge is 0.354 e. The lowest BCUT2D eigenvalue weighted by Gasteiger charge is -2.10. The maximum atomic E-state index is 12.4. The van der Waals surface area contributed by atoms with Gasteiger partial charge in [0, 0.05) is 67.6 Å². The first kappa shape index (κ1) is 74.5. The van der Waals surface area contributed by atoms with Crippen molar-refractivity contribution in [1.82, 2.24) is 24.1 Å². The Morgan fingerprint density at radius 1 is 0.412 bits per heavy atom. The molecule has 20 nitrogen and oxygen atoms in total. The average molecular weight is 1420 g/mol. The number of aryl methyl sites for hydroxylation is 4. The van der Waals surface area contributed by atoms with Gasteiger partial charge in [-0.1, -0.05) is 55.6 Å². The lowest BCUT2D eigenvalue weighted by Crippen LogP contribution is -2.13. The molecule has 0 radical (unpaired) electrons. The van der Waals surface area contributed by atoms with E-state index in [2.05, 4.69) is 56.4 Å². The quantitative estimate of drug-likeness (QED) is 0.0202. The number of carbonyl (C=O) groups excluding carboxylic acids is 5. The first-order valence-corrected chi connectivity index (χ1v) is 35.1.